The fraction of sp³-hybridized carbons (Fsp3) is 0.0952. The number of fused-ring (bicyclic) bond motifs is 4. The second-order valence-electron chi connectivity index (χ2n) is 6.42. The molecule has 0 fully saturated rings. The van der Waals surface area contributed by atoms with Gasteiger partial charge in [0.05, 0.1) is 16.8 Å². The van der Waals surface area contributed by atoms with Gasteiger partial charge in [-0.3, -0.25) is 14.5 Å². The van der Waals surface area contributed by atoms with E-state index in [1.807, 2.05) is 35.0 Å². The lowest BCUT2D eigenvalue weighted by atomic mass is 10.1. The first-order valence-corrected chi connectivity index (χ1v) is 8.53. The summed E-state index contributed by atoms with van der Waals surface area (Å²) >= 11 is 0. The fourth-order valence-corrected chi connectivity index (χ4v) is 3.55. The molecule has 0 spiro atoms. The molecule has 1 aliphatic rings. The van der Waals surface area contributed by atoms with Crippen LogP contribution in [0.15, 0.2) is 67.0 Å². The average molecular weight is 341 g/mol. The number of hydrogen-bond acceptors (Lipinski definition) is 3. The third-order valence-electron chi connectivity index (χ3n) is 4.87. The summed E-state index contributed by atoms with van der Waals surface area (Å²) in [6.07, 6.45) is 4.47. The number of rotatable bonds is 3. The normalized spacial score (nSPS) is 13.8. The van der Waals surface area contributed by atoms with Crippen molar-refractivity contribution >= 4 is 28.2 Å². The molecular formula is C21H15N3O2. The summed E-state index contributed by atoms with van der Waals surface area (Å²) < 4.78 is 1.99. The minimum Gasteiger partial charge on any atom is -0.306 e. The number of carbonyl (C=O) groups excluding carboxylic acids is 2. The van der Waals surface area contributed by atoms with Gasteiger partial charge >= 0.3 is 0 Å². The van der Waals surface area contributed by atoms with Crippen LogP contribution in [-0.4, -0.2) is 32.6 Å². The van der Waals surface area contributed by atoms with E-state index in [1.165, 1.54) is 4.90 Å². The lowest BCUT2D eigenvalue weighted by Crippen LogP contribution is -2.31. The number of aromatic nitrogens is 2. The minimum atomic E-state index is -0.222. The maximum absolute atomic E-state index is 12.5. The zero-order chi connectivity index (χ0) is 17.7. The molecule has 1 aliphatic heterocycles. The van der Waals surface area contributed by atoms with Crippen molar-refractivity contribution in [2.45, 2.75) is 6.42 Å². The van der Waals surface area contributed by atoms with Crippen molar-refractivity contribution in [3.63, 3.8) is 0 Å². The van der Waals surface area contributed by atoms with E-state index in [0.717, 1.165) is 22.1 Å². The zero-order valence-corrected chi connectivity index (χ0v) is 13.9. The molecule has 2 aromatic carbocycles. The van der Waals surface area contributed by atoms with E-state index < -0.39 is 0 Å². The maximum atomic E-state index is 12.5. The van der Waals surface area contributed by atoms with Crippen molar-refractivity contribution in [3.05, 3.63) is 83.8 Å². The first kappa shape index (κ1) is 14.8. The van der Waals surface area contributed by atoms with Crippen molar-refractivity contribution in [2.75, 3.05) is 6.54 Å². The molecular weight excluding hydrogens is 326 g/mol. The fourth-order valence-electron chi connectivity index (χ4n) is 3.55. The highest BCUT2D eigenvalue weighted by molar-refractivity contribution is 6.21. The molecule has 2 amide bonds. The van der Waals surface area contributed by atoms with E-state index in [9.17, 15) is 9.59 Å². The molecule has 3 heterocycles. The number of nitrogens with zero attached hydrogens (tertiary/aromatic N) is 3. The van der Waals surface area contributed by atoms with E-state index in [-0.39, 0.29) is 11.8 Å². The lowest BCUT2D eigenvalue weighted by molar-refractivity contribution is 0.0656. The quantitative estimate of drug-likeness (QED) is 0.537. The van der Waals surface area contributed by atoms with E-state index in [4.69, 9.17) is 4.98 Å². The summed E-state index contributed by atoms with van der Waals surface area (Å²) in [4.78, 5) is 30.9. The molecule has 26 heavy (non-hydrogen) atoms. The van der Waals surface area contributed by atoms with Crippen LogP contribution >= 0.6 is 0 Å². The van der Waals surface area contributed by atoms with Crippen LogP contribution < -0.4 is 0 Å². The van der Waals surface area contributed by atoms with Gasteiger partial charge < -0.3 is 4.40 Å². The summed E-state index contributed by atoms with van der Waals surface area (Å²) in [5.74, 6) is -0.445. The van der Waals surface area contributed by atoms with Crippen LogP contribution in [0.4, 0.5) is 0 Å². The standard InChI is InChI=1S/C21H15N3O2/c25-20-17-7-3-4-8-18(17)21(26)24(20)12-10-15-13-23-11-9-14-5-1-2-6-16(14)19(23)22-15/h1-9,11,13H,10,12H2. The van der Waals surface area contributed by atoms with E-state index in [0.29, 0.717) is 24.1 Å². The molecule has 5 nitrogen and oxygen atoms in total. The number of hydrogen-bond donors (Lipinski definition) is 0. The molecule has 0 bridgehead atoms. The minimum absolute atomic E-state index is 0.222. The van der Waals surface area contributed by atoms with Crippen LogP contribution in [0, 0.1) is 0 Å². The highest BCUT2D eigenvalue weighted by Gasteiger charge is 2.34. The third-order valence-corrected chi connectivity index (χ3v) is 4.87. The first-order chi connectivity index (χ1) is 12.7. The number of pyridine rings is 1. The van der Waals surface area contributed by atoms with Gasteiger partial charge in [0.15, 0.2) is 0 Å². The van der Waals surface area contributed by atoms with Crippen LogP contribution in [0.3, 0.4) is 0 Å². The van der Waals surface area contributed by atoms with Gasteiger partial charge in [0.25, 0.3) is 11.8 Å². The summed E-state index contributed by atoms with van der Waals surface area (Å²) in [6, 6.07) is 17.1. The topological polar surface area (TPSA) is 54.7 Å². The highest BCUT2D eigenvalue weighted by atomic mass is 16.2. The van der Waals surface area contributed by atoms with Gasteiger partial charge in [0.2, 0.25) is 0 Å². The Hall–Kier alpha value is -3.47. The Morgan fingerprint density at radius 2 is 1.54 bits per heavy atom. The van der Waals surface area contributed by atoms with Crippen LogP contribution in [-0.2, 0) is 6.42 Å². The molecule has 0 radical (unpaired) electrons. The summed E-state index contributed by atoms with van der Waals surface area (Å²) in [5.41, 5.74) is 2.72. The van der Waals surface area contributed by atoms with Gasteiger partial charge in [0.1, 0.15) is 5.65 Å². The van der Waals surface area contributed by atoms with Gasteiger partial charge in [0, 0.05) is 30.7 Å². The molecule has 5 heteroatoms. The van der Waals surface area contributed by atoms with E-state index >= 15 is 0 Å². The van der Waals surface area contributed by atoms with Crippen LogP contribution in [0.2, 0.25) is 0 Å². The molecule has 0 atom stereocenters. The summed E-state index contributed by atoms with van der Waals surface area (Å²) in [5, 5.41) is 2.22. The number of imide groups is 1. The Morgan fingerprint density at radius 3 is 2.31 bits per heavy atom. The molecule has 126 valence electrons. The van der Waals surface area contributed by atoms with Crippen LogP contribution in [0.5, 0.6) is 0 Å². The van der Waals surface area contributed by atoms with Gasteiger partial charge in [-0.2, -0.15) is 0 Å². The average Bonchev–Trinajstić information content (AvgIpc) is 3.20. The van der Waals surface area contributed by atoms with Gasteiger partial charge in [-0.1, -0.05) is 36.4 Å². The number of benzene rings is 2. The Labute approximate surface area is 149 Å². The van der Waals surface area contributed by atoms with Crippen molar-refractivity contribution in [3.8, 4) is 0 Å². The van der Waals surface area contributed by atoms with Gasteiger partial charge in [-0.15, -0.1) is 0 Å². The smallest absolute Gasteiger partial charge is 0.261 e. The van der Waals surface area contributed by atoms with Crippen molar-refractivity contribution in [2.24, 2.45) is 0 Å². The van der Waals surface area contributed by atoms with Crippen molar-refractivity contribution in [1.29, 1.82) is 0 Å². The molecule has 0 N–H and O–H groups in total. The van der Waals surface area contributed by atoms with Crippen LogP contribution in [0.1, 0.15) is 26.4 Å². The number of carbonyl (C=O) groups is 2. The Morgan fingerprint density at radius 1 is 0.846 bits per heavy atom. The largest absolute Gasteiger partial charge is 0.306 e. The van der Waals surface area contributed by atoms with Crippen molar-refractivity contribution < 1.29 is 9.59 Å². The molecule has 4 aromatic rings. The Kier molecular flexibility index (Phi) is 3.15. The second-order valence-corrected chi connectivity index (χ2v) is 6.42. The summed E-state index contributed by atoms with van der Waals surface area (Å²) in [6.45, 7) is 0.328. The number of imidazole rings is 1. The van der Waals surface area contributed by atoms with Gasteiger partial charge in [-0.25, -0.2) is 4.98 Å². The number of amides is 2. The molecule has 0 unspecified atom stereocenters. The predicted octanol–water partition coefficient (Wildman–Crippen LogP) is 3.33. The molecule has 0 saturated heterocycles. The zero-order valence-electron chi connectivity index (χ0n) is 13.9. The first-order valence-electron chi connectivity index (χ1n) is 8.53. The van der Waals surface area contributed by atoms with E-state index in [2.05, 4.69) is 12.1 Å². The predicted molar refractivity (Wildman–Crippen MR) is 98.2 cm³/mol. The highest BCUT2D eigenvalue weighted by Crippen LogP contribution is 2.23. The molecule has 0 aliphatic carbocycles. The molecule has 0 saturated carbocycles. The third kappa shape index (κ3) is 2.14. The monoisotopic (exact) mass is 341 g/mol. The summed E-state index contributed by atoms with van der Waals surface area (Å²) in [7, 11) is 0. The SMILES string of the molecule is O=C1c2ccccc2C(=O)N1CCc1cn2ccc3ccccc3c2n1. The van der Waals surface area contributed by atoms with Crippen LogP contribution in [0.25, 0.3) is 16.4 Å². The van der Waals surface area contributed by atoms with Gasteiger partial charge in [-0.05, 0) is 23.6 Å². The molecule has 2 aromatic heterocycles. The van der Waals surface area contributed by atoms with E-state index in [1.54, 1.807) is 24.3 Å². The Balaban J connectivity index is 1.43. The maximum Gasteiger partial charge on any atom is 0.261 e. The van der Waals surface area contributed by atoms with Crippen molar-refractivity contribution in [1.82, 2.24) is 14.3 Å². The molecule has 5 rings (SSSR count). The lowest BCUT2D eigenvalue weighted by Gasteiger charge is -2.12. The Bertz CT molecular complexity index is 1160. The second kappa shape index (κ2) is 5.52.